The predicted octanol–water partition coefficient (Wildman–Crippen LogP) is 3.01. The Kier molecular flexibility index (Phi) is 5.56. The third kappa shape index (κ3) is 4.36. The Morgan fingerprint density at radius 1 is 1.31 bits per heavy atom. The van der Waals surface area contributed by atoms with E-state index in [0.29, 0.717) is 24.2 Å². The number of carbonyl (C=O) groups excluding carboxylic acids is 3. The normalized spacial score (nSPS) is 25.8. The molecular weight excluding hydrogens is 379 g/mol. The molecule has 2 fully saturated rings. The quantitative estimate of drug-likeness (QED) is 0.600. The predicted molar refractivity (Wildman–Crippen MR) is 103 cm³/mol. The van der Waals surface area contributed by atoms with Gasteiger partial charge in [0.1, 0.15) is 30.3 Å². The first-order chi connectivity index (χ1) is 13.5. The van der Waals surface area contributed by atoms with Gasteiger partial charge >= 0.3 is 12.0 Å². The summed E-state index contributed by atoms with van der Waals surface area (Å²) < 4.78 is 23.7. The van der Waals surface area contributed by atoms with E-state index in [1.165, 1.54) is 25.3 Å². The Bertz CT molecular complexity index is 840. The van der Waals surface area contributed by atoms with Gasteiger partial charge in [-0.1, -0.05) is 20.8 Å². The molecule has 2 unspecified atom stereocenters. The Hall–Kier alpha value is -2.64. The standard InChI is InChI=1S/C21H27FN2O5/c1-13-8-20(2,3)12-21(9-13)18(26)24(19(27)23-21)10-17(25)29-11-14-7-15(22)5-6-16(14)28-4/h5-7,13H,8-12H2,1-4H3,(H,23,27). The zero-order valence-electron chi connectivity index (χ0n) is 17.2. The van der Waals surface area contributed by atoms with Gasteiger partial charge in [0.2, 0.25) is 0 Å². The highest BCUT2D eigenvalue weighted by Gasteiger charge is 2.56. The molecule has 0 radical (unpaired) electrons. The fourth-order valence-electron chi connectivity index (χ4n) is 4.84. The summed E-state index contributed by atoms with van der Waals surface area (Å²) in [7, 11) is 1.43. The number of carbonyl (C=O) groups is 3. The lowest BCUT2D eigenvalue weighted by Crippen LogP contribution is -2.54. The molecule has 0 bridgehead atoms. The van der Waals surface area contributed by atoms with E-state index >= 15 is 0 Å². The number of rotatable bonds is 5. The van der Waals surface area contributed by atoms with Crippen molar-refractivity contribution in [1.29, 1.82) is 0 Å². The molecule has 1 aromatic rings. The largest absolute Gasteiger partial charge is 0.496 e. The second kappa shape index (κ2) is 7.65. The number of amides is 3. The Morgan fingerprint density at radius 2 is 2.03 bits per heavy atom. The van der Waals surface area contributed by atoms with E-state index in [4.69, 9.17) is 9.47 Å². The first-order valence-electron chi connectivity index (χ1n) is 9.67. The number of esters is 1. The second-order valence-electron chi connectivity index (χ2n) is 8.87. The van der Waals surface area contributed by atoms with E-state index in [0.717, 1.165) is 11.3 Å². The molecule has 3 amide bonds. The fraction of sp³-hybridized carbons (Fsp3) is 0.571. The number of nitrogens with one attached hydrogen (secondary N) is 1. The summed E-state index contributed by atoms with van der Waals surface area (Å²) in [6.07, 6.45) is 2.05. The smallest absolute Gasteiger partial charge is 0.326 e. The maximum Gasteiger partial charge on any atom is 0.326 e. The summed E-state index contributed by atoms with van der Waals surface area (Å²) in [5.74, 6) is -0.966. The van der Waals surface area contributed by atoms with Crippen LogP contribution in [0.2, 0.25) is 0 Å². The van der Waals surface area contributed by atoms with Crippen LogP contribution in [0.1, 0.15) is 45.6 Å². The van der Waals surface area contributed by atoms with Crippen molar-refractivity contribution in [1.82, 2.24) is 10.2 Å². The van der Waals surface area contributed by atoms with Crippen LogP contribution in [0.25, 0.3) is 0 Å². The average molecular weight is 406 g/mol. The van der Waals surface area contributed by atoms with Gasteiger partial charge in [-0.3, -0.25) is 14.5 Å². The van der Waals surface area contributed by atoms with Crippen molar-refractivity contribution >= 4 is 17.9 Å². The minimum absolute atomic E-state index is 0.0922. The third-order valence-electron chi connectivity index (χ3n) is 5.54. The minimum Gasteiger partial charge on any atom is -0.496 e. The van der Waals surface area contributed by atoms with Crippen LogP contribution < -0.4 is 10.1 Å². The Labute approximate surface area is 169 Å². The van der Waals surface area contributed by atoms with Crippen LogP contribution in [-0.4, -0.2) is 42.0 Å². The number of imide groups is 1. The maximum atomic E-state index is 13.4. The van der Waals surface area contributed by atoms with E-state index < -0.39 is 29.9 Å². The minimum atomic E-state index is -0.968. The van der Waals surface area contributed by atoms with Gasteiger partial charge in [0.05, 0.1) is 7.11 Å². The number of halogens is 1. The molecular formula is C21H27FN2O5. The van der Waals surface area contributed by atoms with Crippen LogP contribution in [0, 0.1) is 17.2 Å². The molecule has 8 heteroatoms. The molecule has 158 valence electrons. The van der Waals surface area contributed by atoms with Gasteiger partial charge in [0.25, 0.3) is 5.91 Å². The van der Waals surface area contributed by atoms with Crippen molar-refractivity contribution < 1.29 is 28.2 Å². The molecule has 1 aliphatic carbocycles. The molecule has 1 aliphatic heterocycles. The Balaban J connectivity index is 1.66. The number of hydrogen-bond acceptors (Lipinski definition) is 5. The zero-order chi connectivity index (χ0) is 21.4. The van der Waals surface area contributed by atoms with Crippen LogP contribution in [-0.2, 0) is 20.9 Å². The molecule has 1 heterocycles. The SMILES string of the molecule is COc1ccc(F)cc1COC(=O)CN1C(=O)NC2(CC(C)CC(C)(C)C2)C1=O. The van der Waals surface area contributed by atoms with Crippen LogP contribution in [0.5, 0.6) is 5.75 Å². The van der Waals surface area contributed by atoms with E-state index in [9.17, 15) is 18.8 Å². The van der Waals surface area contributed by atoms with E-state index in [1.54, 1.807) is 0 Å². The number of benzene rings is 1. The Morgan fingerprint density at radius 3 is 2.69 bits per heavy atom. The molecule has 2 aliphatic rings. The number of nitrogens with zero attached hydrogens (tertiary/aromatic N) is 1. The molecule has 2 atom stereocenters. The maximum absolute atomic E-state index is 13.4. The van der Waals surface area contributed by atoms with Crippen molar-refractivity contribution in [3.63, 3.8) is 0 Å². The van der Waals surface area contributed by atoms with Gasteiger partial charge in [-0.25, -0.2) is 9.18 Å². The van der Waals surface area contributed by atoms with E-state index in [-0.39, 0.29) is 23.8 Å². The zero-order valence-corrected chi connectivity index (χ0v) is 17.2. The van der Waals surface area contributed by atoms with Crippen molar-refractivity contribution in [2.75, 3.05) is 13.7 Å². The molecule has 1 saturated carbocycles. The van der Waals surface area contributed by atoms with Gasteiger partial charge in [0, 0.05) is 5.56 Å². The highest BCUT2D eigenvalue weighted by molar-refractivity contribution is 6.08. The van der Waals surface area contributed by atoms with Crippen molar-refractivity contribution in [2.45, 2.75) is 52.2 Å². The van der Waals surface area contributed by atoms with Crippen LogP contribution in [0.4, 0.5) is 9.18 Å². The lowest BCUT2D eigenvalue weighted by molar-refractivity contribution is -0.149. The summed E-state index contributed by atoms with van der Waals surface area (Å²) in [4.78, 5) is 38.7. The van der Waals surface area contributed by atoms with Crippen LogP contribution >= 0.6 is 0 Å². The van der Waals surface area contributed by atoms with Crippen molar-refractivity contribution in [3.8, 4) is 5.75 Å². The van der Waals surface area contributed by atoms with E-state index in [1.807, 2.05) is 0 Å². The summed E-state index contributed by atoms with van der Waals surface area (Å²) >= 11 is 0. The summed E-state index contributed by atoms with van der Waals surface area (Å²) in [6.45, 7) is 5.50. The van der Waals surface area contributed by atoms with Gasteiger partial charge in [0.15, 0.2) is 0 Å². The van der Waals surface area contributed by atoms with Gasteiger partial charge in [-0.2, -0.15) is 0 Å². The first kappa shape index (κ1) is 21.1. The molecule has 3 rings (SSSR count). The average Bonchev–Trinajstić information content (AvgIpc) is 2.81. The molecule has 7 nitrogen and oxygen atoms in total. The molecule has 1 N–H and O–H groups in total. The monoisotopic (exact) mass is 406 g/mol. The fourth-order valence-corrected chi connectivity index (χ4v) is 4.84. The summed E-state index contributed by atoms with van der Waals surface area (Å²) in [5, 5.41) is 2.82. The van der Waals surface area contributed by atoms with Crippen LogP contribution in [0.3, 0.4) is 0 Å². The molecule has 1 spiro atoms. The number of urea groups is 1. The first-order valence-corrected chi connectivity index (χ1v) is 9.67. The highest BCUT2D eigenvalue weighted by atomic mass is 19.1. The molecule has 1 saturated heterocycles. The molecule has 29 heavy (non-hydrogen) atoms. The van der Waals surface area contributed by atoms with Crippen molar-refractivity contribution in [2.24, 2.45) is 11.3 Å². The van der Waals surface area contributed by atoms with Crippen molar-refractivity contribution in [3.05, 3.63) is 29.6 Å². The molecule has 1 aromatic carbocycles. The number of methoxy groups -OCH3 is 1. The van der Waals surface area contributed by atoms with Gasteiger partial charge < -0.3 is 14.8 Å². The lowest BCUT2D eigenvalue weighted by atomic mass is 9.64. The van der Waals surface area contributed by atoms with E-state index in [2.05, 4.69) is 26.1 Å². The number of hydrogen-bond donors (Lipinski definition) is 1. The van der Waals surface area contributed by atoms with Crippen LogP contribution in [0.15, 0.2) is 18.2 Å². The van der Waals surface area contributed by atoms with Gasteiger partial charge in [-0.05, 0) is 48.8 Å². The second-order valence-corrected chi connectivity index (χ2v) is 8.87. The molecule has 0 aromatic heterocycles. The van der Waals surface area contributed by atoms with Gasteiger partial charge in [-0.15, -0.1) is 0 Å². The summed E-state index contributed by atoms with van der Waals surface area (Å²) in [6, 6.07) is 3.30. The highest BCUT2D eigenvalue weighted by Crippen LogP contribution is 2.46. The topological polar surface area (TPSA) is 84.9 Å². The summed E-state index contributed by atoms with van der Waals surface area (Å²) in [5.41, 5.74) is -0.701. The third-order valence-corrected chi connectivity index (χ3v) is 5.54. The number of ether oxygens (including phenoxy) is 2. The lowest BCUT2D eigenvalue weighted by Gasteiger charge is -2.43.